The van der Waals surface area contributed by atoms with Gasteiger partial charge in [0.05, 0.1) is 12.1 Å². The molecule has 0 saturated carbocycles. The van der Waals surface area contributed by atoms with Crippen LogP contribution >= 0.6 is 11.3 Å². The van der Waals surface area contributed by atoms with Crippen LogP contribution in [0.1, 0.15) is 11.3 Å². The van der Waals surface area contributed by atoms with E-state index in [1.54, 1.807) is 18.2 Å². The average Bonchev–Trinajstić information content (AvgIpc) is 3.25. The second-order valence-electron chi connectivity index (χ2n) is 7.99. The Bertz CT molecular complexity index is 1350. The van der Waals surface area contributed by atoms with Crippen molar-refractivity contribution in [1.82, 2.24) is 24.4 Å². The van der Waals surface area contributed by atoms with Crippen LogP contribution in [0.4, 0.5) is 4.39 Å². The zero-order valence-electron chi connectivity index (χ0n) is 17.9. The van der Waals surface area contributed by atoms with Crippen molar-refractivity contribution in [2.24, 2.45) is 0 Å². The van der Waals surface area contributed by atoms with Crippen molar-refractivity contribution in [3.8, 4) is 10.6 Å². The van der Waals surface area contributed by atoms with Crippen LogP contribution in [0.3, 0.4) is 0 Å². The molecule has 1 aliphatic heterocycles. The minimum Gasteiger partial charge on any atom is -0.340 e. The lowest BCUT2D eigenvalue weighted by Gasteiger charge is -2.34. The Labute approximate surface area is 193 Å². The zero-order chi connectivity index (χ0) is 22.8. The summed E-state index contributed by atoms with van der Waals surface area (Å²) in [5, 5.41) is 4.67. The van der Waals surface area contributed by atoms with Gasteiger partial charge in [-0.3, -0.25) is 14.5 Å². The predicted molar refractivity (Wildman–Crippen MR) is 125 cm³/mol. The monoisotopic (exact) mass is 463 g/mol. The van der Waals surface area contributed by atoms with Crippen LogP contribution in [-0.2, 0) is 17.8 Å². The van der Waals surface area contributed by atoms with Gasteiger partial charge in [0, 0.05) is 44.4 Å². The maximum atomic E-state index is 14.1. The number of amides is 1. The summed E-state index contributed by atoms with van der Waals surface area (Å²) in [6, 6.07) is 17.6. The minimum absolute atomic E-state index is 0.129. The van der Waals surface area contributed by atoms with Gasteiger partial charge in [0.2, 0.25) is 10.9 Å². The van der Waals surface area contributed by atoms with Crippen molar-refractivity contribution in [3.05, 3.63) is 88.1 Å². The van der Waals surface area contributed by atoms with Gasteiger partial charge in [-0.15, -0.1) is 0 Å². The number of piperazine rings is 1. The third-order valence-corrected chi connectivity index (χ3v) is 6.65. The molecule has 0 unspecified atom stereocenters. The maximum absolute atomic E-state index is 14.1. The summed E-state index contributed by atoms with van der Waals surface area (Å²) in [6.45, 7) is 3.23. The molecule has 0 bridgehead atoms. The lowest BCUT2D eigenvalue weighted by molar-refractivity contribution is -0.132. The van der Waals surface area contributed by atoms with E-state index in [1.807, 2.05) is 35.2 Å². The lowest BCUT2D eigenvalue weighted by Crippen LogP contribution is -2.48. The van der Waals surface area contributed by atoms with E-state index in [0.717, 1.165) is 5.56 Å². The first-order valence-corrected chi connectivity index (χ1v) is 11.6. The van der Waals surface area contributed by atoms with Crippen LogP contribution in [0.2, 0.25) is 0 Å². The summed E-state index contributed by atoms with van der Waals surface area (Å²) in [5.74, 6) is -0.256. The number of benzene rings is 2. The van der Waals surface area contributed by atoms with Gasteiger partial charge in [-0.05, 0) is 17.7 Å². The number of nitrogens with zero attached hydrogens (tertiary/aromatic N) is 5. The smallest absolute Gasteiger partial charge is 0.275 e. The van der Waals surface area contributed by atoms with Crippen LogP contribution in [0.15, 0.2) is 65.5 Å². The normalized spacial score (nSPS) is 14.6. The first kappa shape index (κ1) is 21.4. The summed E-state index contributed by atoms with van der Waals surface area (Å²) >= 11 is 1.19. The van der Waals surface area contributed by atoms with E-state index in [4.69, 9.17) is 0 Å². The number of halogens is 1. The Morgan fingerprint density at radius 1 is 1.00 bits per heavy atom. The SMILES string of the molecule is O=C(Cc1ccccc1)N1CCN(Cc2cc(=O)n3nc(-c4ccccc4F)sc3n2)CC1. The summed E-state index contributed by atoms with van der Waals surface area (Å²) in [4.78, 5) is 34.3. The summed E-state index contributed by atoms with van der Waals surface area (Å²) in [7, 11) is 0. The van der Waals surface area contributed by atoms with E-state index >= 15 is 0 Å². The third-order valence-electron chi connectivity index (χ3n) is 5.71. The molecule has 0 aliphatic carbocycles. The quantitative estimate of drug-likeness (QED) is 0.455. The number of hydrogen-bond acceptors (Lipinski definition) is 6. The molecule has 0 spiro atoms. The van der Waals surface area contributed by atoms with E-state index in [9.17, 15) is 14.0 Å². The fourth-order valence-corrected chi connectivity index (χ4v) is 4.90. The predicted octanol–water partition coefficient (Wildman–Crippen LogP) is 2.84. The van der Waals surface area contributed by atoms with Gasteiger partial charge in [-0.1, -0.05) is 53.8 Å². The molecule has 2 aromatic carbocycles. The number of carbonyl (C=O) groups is 1. The number of rotatable bonds is 5. The molecule has 3 heterocycles. The molecule has 168 valence electrons. The molecule has 1 saturated heterocycles. The van der Waals surface area contributed by atoms with Gasteiger partial charge in [0.1, 0.15) is 5.82 Å². The molecule has 4 aromatic rings. The highest BCUT2D eigenvalue weighted by Gasteiger charge is 2.22. The highest BCUT2D eigenvalue weighted by atomic mass is 32.1. The highest BCUT2D eigenvalue weighted by molar-refractivity contribution is 7.19. The van der Waals surface area contributed by atoms with Gasteiger partial charge in [-0.25, -0.2) is 9.37 Å². The van der Waals surface area contributed by atoms with Crippen molar-refractivity contribution >= 4 is 22.2 Å². The first-order valence-electron chi connectivity index (χ1n) is 10.8. The Hall–Kier alpha value is -3.43. The molecular weight excluding hydrogens is 441 g/mol. The minimum atomic E-state index is -0.385. The Balaban J connectivity index is 1.25. The fourth-order valence-electron chi connectivity index (χ4n) is 3.95. The van der Waals surface area contributed by atoms with Crippen molar-refractivity contribution in [3.63, 3.8) is 0 Å². The van der Waals surface area contributed by atoms with Crippen molar-refractivity contribution < 1.29 is 9.18 Å². The van der Waals surface area contributed by atoms with Gasteiger partial charge >= 0.3 is 0 Å². The second-order valence-corrected chi connectivity index (χ2v) is 8.94. The number of aromatic nitrogens is 3. The van der Waals surface area contributed by atoms with E-state index in [0.29, 0.717) is 60.4 Å². The molecular formula is C24H22FN5O2S. The van der Waals surface area contributed by atoms with Gasteiger partial charge in [0.15, 0.2) is 5.01 Å². The topological polar surface area (TPSA) is 70.8 Å². The zero-order valence-corrected chi connectivity index (χ0v) is 18.7. The third kappa shape index (κ3) is 4.69. The van der Waals surface area contributed by atoms with Crippen molar-refractivity contribution in [2.75, 3.05) is 26.2 Å². The van der Waals surface area contributed by atoms with Crippen LogP contribution in [-0.4, -0.2) is 56.5 Å². The Kier molecular flexibility index (Phi) is 5.97. The molecule has 0 atom stereocenters. The van der Waals surface area contributed by atoms with Crippen LogP contribution < -0.4 is 5.56 Å². The Morgan fingerprint density at radius 3 is 2.48 bits per heavy atom. The largest absolute Gasteiger partial charge is 0.340 e. The van der Waals surface area contributed by atoms with Gasteiger partial charge in [-0.2, -0.15) is 9.61 Å². The first-order chi connectivity index (χ1) is 16.1. The summed E-state index contributed by atoms with van der Waals surface area (Å²) < 4.78 is 15.3. The highest BCUT2D eigenvalue weighted by Crippen LogP contribution is 2.26. The molecule has 2 aromatic heterocycles. The van der Waals surface area contributed by atoms with E-state index in [-0.39, 0.29) is 17.3 Å². The standard InChI is InChI=1S/C24H22FN5O2S/c25-20-9-5-4-8-19(20)23-27-30-22(32)15-18(26-24(30)33-23)16-28-10-12-29(13-11-28)21(31)14-17-6-2-1-3-7-17/h1-9,15H,10-14,16H2. The number of hydrogen-bond donors (Lipinski definition) is 0. The molecule has 0 radical (unpaired) electrons. The molecule has 7 nitrogen and oxygen atoms in total. The fraction of sp³-hybridized carbons (Fsp3) is 0.250. The van der Waals surface area contributed by atoms with Crippen LogP contribution in [0.5, 0.6) is 0 Å². The molecule has 9 heteroatoms. The van der Waals surface area contributed by atoms with Crippen LogP contribution in [0, 0.1) is 5.82 Å². The van der Waals surface area contributed by atoms with Crippen LogP contribution in [0.25, 0.3) is 15.5 Å². The molecule has 1 aliphatic rings. The van der Waals surface area contributed by atoms with Gasteiger partial charge in [0.25, 0.3) is 5.56 Å². The van der Waals surface area contributed by atoms with Crippen molar-refractivity contribution in [1.29, 1.82) is 0 Å². The van der Waals surface area contributed by atoms with E-state index < -0.39 is 0 Å². The second kappa shape index (κ2) is 9.21. The molecule has 33 heavy (non-hydrogen) atoms. The lowest BCUT2D eigenvalue weighted by atomic mass is 10.1. The average molecular weight is 464 g/mol. The van der Waals surface area contributed by atoms with Crippen molar-refractivity contribution in [2.45, 2.75) is 13.0 Å². The summed E-state index contributed by atoms with van der Waals surface area (Å²) in [5.41, 5.74) is 1.73. The number of carbonyl (C=O) groups excluding carboxylic acids is 1. The Morgan fingerprint density at radius 2 is 1.73 bits per heavy atom. The van der Waals surface area contributed by atoms with E-state index in [2.05, 4.69) is 15.0 Å². The maximum Gasteiger partial charge on any atom is 0.275 e. The molecule has 5 rings (SSSR count). The van der Waals surface area contributed by atoms with E-state index in [1.165, 1.54) is 28.0 Å². The molecule has 1 fully saturated rings. The molecule has 1 amide bonds. The van der Waals surface area contributed by atoms with Gasteiger partial charge < -0.3 is 4.90 Å². The summed E-state index contributed by atoms with van der Waals surface area (Å²) in [6.07, 6.45) is 0.408. The molecule has 0 N–H and O–H groups in total. The number of fused-ring (bicyclic) bond motifs is 1.